The predicted molar refractivity (Wildman–Crippen MR) is 80.0 cm³/mol. The smallest absolute Gasteiger partial charge is 0.260 e. The van der Waals surface area contributed by atoms with Crippen LogP contribution in [0.3, 0.4) is 0 Å². The van der Waals surface area contributed by atoms with Crippen molar-refractivity contribution in [1.82, 2.24) is 14.1 Å². The van der Waals surface area contributed by atoms with Crippen molar-refractivity contribution in [3.05, 3.63) is 11.6 Å². The maximum atomic E-state index is 12.3. The third-order valence-electron chi connectivity index (χ3n) is 2.69. The Labute approximate surface area is 126 Å². The normalized spacial score (nSPS) is 12.2. The highest BCUT2D eigenvalue weighted by Gasteiger charge is 2.23. The second kappa shape index (κ2) is 7.18. The van der Waals surface area contributed by atoms with Crippen LogP contribution in [-0.4, -0.2) is 51.3 Å². The third-order valence-corrected chi connectivity index (χ3v) is 4.94. The average Bonchev–Trinajstić information content (AvgIpc) is 2.96. The van der Waals surface area contributed by atoms with Crippen molar-refractivity contribution >= 4 is 32.1 Å². The first kappa shape index (κ1) is 16.2. The maximum absolute atomic E-state index is 12.3. The van der Waals surface area contributed by atoms with Crippen LogP contribution in [0.2, 0.25) is 0 Å². The molecule has 21 heavy (non-hydrogen) atoms. The molecule has 2 aromatic heterocycles. The average molecular weight is 334 g/mol. The quantitative estimate of drug-likeness (QED) is 0.639. The van der Waals surface area contributed by atoms with Crippen LogP contribution in [0.5, 0.6) is 0 Å². The molecule has 0 aromatic carbocycles. The van der Waals surface area contributed by atoms with E-state index < -0.39 is 10.0 Å². The number of anilines is 1. The number of aromatic nitrogens is 2. The van der Waals surface area contributed by atoms with Gasteiger partial charge in [0, 0.05) is 31.8 Å². The third kappa shape index (κ3) is 3.92. The number of fused-ring (bicyclic) bond motifs is 1. The standard InChI is InChI=1S/C11H18N4O4S2/c1-18-6-7-19-5-2-3-13-21(16,17)10-9(12)14-11-15(10)4-8-20-11/h4,8,13H,2-3,5-7,12H2,1H3. The molecule has 0 spiro atoms. The number of hydrogen-bond donors (Lipinski definition) is 2. The Bertz CT molecular complexity index is 680. The first-order valence-electron chi connectivity index (χ1n) is 6.33. The number of nitrogens with zero attached hydrogens (tertiary/aromatic N) is 2. The summed E-state index contributed by atoms with van der Waals surface area (Å²) in [4.78, 5) is 4.57. The number of methoxy groups -OCH3 is 1. The van der Waals surface area contributed by atoms with Crippen molar-refractivity contribution in [3.8, 4) is 0 Å². The van der Waals surface area contributed by atoms with Crippen molar-refractivity contribution < 1.29 is 17.9 Å². The number of ether oxygens (including phenoxy) is 2. The molecule has 2 heterocycles. The van der Waals surface area contributed by atoms with Gasteiger partial charge in [0.1, 0.15) is 0 Å². The summed E-state index contributed by atoms with van der Waals surface area (Å²) in [7, 11) is -2.09. The number of nitrogens with one attached hydrogen (secondary N) is 1. The van der Waals surface area contributed by atoms with Crippen LogP contribution in [-0.2, 0) is 19.5 Å². The van der Waals surface area contributed by atoms with Crippen molar-refractivity contribution in [3.63, 3.8) is 0 Å². The fourth-order valence-corrected chi connectivity index (χ4v) is 3.80. The van der Waals surface area contributed by atoms with Crippen LogP contribution in [0.25, 0.3) is 4.96 Å². The van der Waals surface area contributed by atoms with Gasteiger partial charge in [0.15, 0.2) is 15.8 Å². The minimum Gasteiger partial charge on any atom is -0.382 e. The van der Waals surface area contributed by atoms with E-state index in [9.17, 15) is 8.42 Å². The summed E-state index contributed by atoms with van der Waals surface area (Å²) in [6.07, 6.45) is 2.19. The van der Waals surface area contributed by atoms with Gasteiger partial charge in [-0.1, -0.05) is 0 Å². The molecule has 118 valence electrons. The van der Waals surface area contributed by atoms with E-state index in [-0.39, 0.29) is 17.4 Å². The van der Waals surface area contributed by atoms with Gasteiger partial charge in [-0.2, -0.15) is 0 Å². The van der Waals surface area contributed by atoms with Crippen molar-refractivity contribution in [1.29, 1.82) is 0 Å². The van der Waals surface area contributed by atoms with Crippen LogP contribution in [0, 0.1) is 0 Å². The van der Waals surface area contributed by atoms with Gasteiger partial charge < -0.3 is 15.2 Å². The molecule has 10 heteroatoms. The van der Waals surface area contributed by atoms with Crippen LogP contribution in [0.4, 0.5) is 5.82 Å². The van der Waals surface area contributed by atoms with Crippen LogP contribution >= 0.6 is 11.3 Å². The number of sulfonamides is 1. The Hall–Kier alpha value is -1.20. The fraction of sp³-hybridized carbons (Fsp3) is 0.545. The number of nitrogens with two attached hydrogens (primary N) is 1. The summed E-state index contributed by atoms with van der Waals surface area (Å²) in [6.45, 7) is 1.75. The Kier molecular flexibility index (Phi) is 5.53. The summed E-state index contributed by atoms with van der Waals surface area (Å²) >= 11 is 1.33. The Morgan fingerprint density at radius 1 is 1.43 bits per heavy atom. The number of hydrogen-bond acceptors (Lipinski definition) is 7. The van der Waals surface area contributed by atoms with E-state index in [4.69, 9.17) is 15.2 Å². The molecular weight excluding hydrogens is 316 g/mol. The zero-order valence-corrected chi connectivity index (χ0v) is 13.2. The van der Waals surface area contributed by atoms with Gasteiger partial charge >= 0.3 is 0 Å². The highest BCUT2D eigenvalue weighted by molar-refractivity contribution is 7.89. The van der Waals surface area contributed by atoms with E-state index >= 15 is 0 Å². The summed E-state index contributed by atoms with van der Waals surface area (Å²) < 4.78 is 38.6. The van der Waals surface area contributed by atoms with E-state index in [0.29, 0.717) is 31.2 Å². The van der Waals surface area contributed by atoms with E-state index in [0.717, 1.165) is 0 Å². The molecule has 0 aliphatic carbocycles. The molecule has 0 bridgehead atoms. The zero-order chi connectivity index (χ0) is 15.3. The minimum atomic E-state index is -3.69. The highest BCUT2D eigenvalue weighted by atomic mass is 32.2. The topological polar surface area (TPSA) is 108 Å². The largest absolute Gasteiger partial charge is 0.382 e. The number of nitrogen functional groups attached to an aromatic ring is 1. The molecule has 0 amide bonds. The fourth-order valence-electron chi connectivity index (χ4n) is 1.74. The zero-order valence-electron chi connectivity index (χ0n) is 11.6. The van der Waals surface area contributed by atoms with Crippen LogP contribution in [0.1, 0.15) is 6.42 Å². The van der Waals surface area contributed by atoms with Gasteiger partial charge in [-0.3, -0.25) is 4.40 Å². The van der Waals surface area contributed by atoms with Crippen molar-refractivity contribution in [2.45, 2.75) is 11.4 Å². The van der Waals surface area contributed by atoms with Gasteiger partial charge in [0.25, 0.3) is 10.0 Å². The molecule has 0 fully saturated rings. The van der Waals surface area contributed by atoms with Gasteiger partial charge in [-0.15, -0.1) is 11.3 Å². The van der Waals surface area contributed by atoms with Crippen LogP contribution in [0.15, 0.2) is 16.6 Å². The molecule has 0 aliphatic heterocycles. The van der Waals surface area contributed by atoms with Crippen molar-refractivity contribution in [2.75, 3.05) is 39.2 Å². The second-order valence-electron chi connectivity index (χ2n) is 4.21. The lowest BCUT2D eigenvalue weighted by Crippen LogP contribution is -2.27. The molecule has 0 atom stereocenters. The lowest BCUT2D eigenvalue weighted by Gasteiger charge is -2.07. The Morgan fingerprint density at radius 2 is 2.24 bits per heavy atom. The molecule has 0 saturated heterocycles. The minimum absolute atomic E-state index is 0.00527. The Morgan fingerprint density at radius 3 is 3.00 bits per heavy atom. The molecule has 8 nitrogen and oxygen atoms in total. The summed E-state index contributed by atoms with van der Waals surface area (Å²) in [5.41, 5.74) is 5.69. The lowest BCUT2D eigenvalue weighted by molar-refractivity contribution is 0.0699. The van der Waals surface area contributed by atoms with E-state index in [1.807, 2.05) is 0 Å². The monoisotopic (exact) mass is 334 g/mol. The molecule has 0 unspecified atom stereocenters. The van der Waals surface area contributed by atoms with Gasteiger partial charge in [0.05, 0.1) is 13.2 Å². The maximum Gasteiger partial charge on any atom is 0.260 e. The molecule has 2 rings (SSSR count). The van der Waals surface area contributed by atoms with Gasteiger partial charge in [-0.05, 0) is 6.42 Å². The molecule has 3 N–H and O–H groups in total. The molecule has 0 radical (unpaired) electrons. The number of thiazole rings is 1. The predicted octanol–water partition coefficient (Wildman–Crippen LogP) is 0.309. The lowest BCUT2D eigenvalue weighted by atomic mass is 10.5. The first-order valence-corrected chi connectivity index (χ1v) is 8.70. The molecule has 0 saturated carbocycles. The molecule has 0 aliphatic rings. The van der Waals surface area contributed by atoms with E-state index in [1.165, 1.54) is 15.7 Å². The number of imidazole rings is 1. The highest BCUT2D eigenvalue weighted by Crippen LogP contribution is 2.22. The van der Waals surface area contributed by atoms with Crippen LogP contribution < -0.4 is 10.5 Å². The van der Waals surface area contributed by atoms with E-state index in [2.05, 4.69) is 9.71 Å². The van der Waals surface area contributed by atoms with Gasteiger partial charge in [0.2, 0.25) is 0 Å². The Balaban J connectivity index is 1.90. The molecule has 2 aromatic rings. The van der Waals surface area contributed by atoms with E-state index in [1.54, 1.807) is 18.7 Å². The SMILES string of the molecule is COCCOCCCNS(=O)(=O)c1c(N)nc2sccn12. The summed E-state index contributed by atoms with van der Waals surface area (Å²) in [5.74, 6) is 0.00527. The first-order chi connectivity index (χ1) is 10.1. The number of rotatable bonds is 9. The summed E-state index contributed by atoms with van der Waals surface area (Å²) in [6, 6.07) is 0. The molecular formula is C11H18N4O4S2. The van der Waals surface area contributed by atoms with Gasteiger partial charge in [-0.25, -0.2) is 18.1 Å². The second-order valence-corrected chi connectivity index (χ2v) is 6.77. The summed E-state index contributed by atoms with van der Waals surface area (Å²) in [5, 5.41) is 1.74. The van der Waals surface area contributed by atoms with Crippen molar-refractivity contribution in [2.24, 2.45) is 0 Å².